The summed E-state index contributed by atoms with van der Waals surface area (Å²) in [6.45, 7) is 2.69. The van der Waals surface area contributed by atoms with Gasteiger partial charge < -0.3 is 10.6 Å². The average Bonchev–Trinajstić information content (AvgIpc) is 3.06. The lowest BCUT2D eigenvalue weighted by molar-refractivity contribution is 0.0944. The molecule has 4 rings (SSSR count). The molecule has 0 unspecified atom stereocenters. The molecule has 1 aromatic carbocycles. The van der Waals surface area contributed by atoms with E-state index in [4.69, 9.17) is 4.98 Å². The molecule has 0 aliphatic carbocycles. The van der Waals surface area contributed by atoms with E-state index in [1.54, 1.807) is 11.3 Å². The van der Waals surface area contributed by atoms with Gasteiger partial charge in [-0.2, -0.15) is 0 Å². The largest absolute Gasteiger partial charge is 0.352 e. The van der Waals surface area contributed by atoms with Gasteiger partial charge in [-0.3, -0.25) is 4.79 Å². The van der Waals surface area contributed by atoms with Gasteiger partial charge in [-0.15, -0.1) is 11.3 Å². The van der Waals surface area contributed by atoms with Crippen molar-refractivity contribution in [1.82, 2.24) is 15.6 Å². The number of hydrogen-bond donors (Lipinski definition) is 2. The van der Waals surface area contributed by atoms with Gasteiger partial charge in [-0.05, 0) is 23.6 Å². The molecule has 1 saturated heterocycles. The van der Waals surface area contributed by atoms with E-state index in [9.17, 15) is 4.79 Å². The molecule has 3 heterocycles. The Labute approximate surface area is 138 Å². The number of amides is 1. The zero-order valence-corrected chi connectivity index (χ0v) is 13.4. The van der Waals surface area contributed by atoms with Crippen molar-refractivity contribution in [1.29, 1.82) is 0 Å². The summed E-state index contributed by atoms with van der Waals surface area (Å²) in [6, 6.07) is 13.8. The number of pyridine rings is 1. The number of hydrogen-bond acceptors (Lipinski definition) is 4. The minimum atomic E-state index is -0.0201. The highest BCUT2D eigenvalue weighted by atomic mass is 32.1. The van der Waals surface area contributed by atoms with E-state index in [-0.39, 0.29) is 5.91 Å². The van der Waals surface area contributed by atoms with Crippen molar-refractivity contribution in [2.75, 3.05) is 19.6 Å². The molecule has 2 N–H and O–H groups in total. The summed E-state index contributed by atoms with van der Waals surface area (Å²) in [4.78, 5) is 18.4. The van der Waals surface area contributed by atoms with Crippen LogP contribution >= 0.6 is 11.3 Å². The molecule has 23 heavy (non-hydrogen) atoms. The normalized spacial score (nSPS) is 14.6. The van der Waals surface area contributed by atoms with Crippen molar-refractivity contribution in [3.05, 3.63) is 53.4 Å². The summed E-state index contributed by atoms with van der Waals surface area (Å²) in [5.41, 5.74) is 2.41. The molecule has 1 fully saturated rings. The molecule has 116 valence electrons. The summed E-state index contributed by atoms with van der Waals surface area (Å²) in [7, 11) is 0. The van der Waals surface area contributed by atoms with Gasteiger partial charge in [-0.25, -0.2) is 4.98 Å². The number of carbonyl (C=O) groups excluding carboxylic acids is 1. The Morgan fingerprint density at radius 2 is 2.13 bits per heavy atom. The maximum Gasteiger partial charge on any atom is 0.252 e. The van der Waals surface area contributed by atoms with Crippen molar-refractivity contribution >= 4 is 28.1 Å². The predicted octanol–water partition coefficient (Wildman–Crippen LogP) is 2.91. The fraction of sp³-hybridized carbons (Fsp3) is 0.222. The standard InChI is InChI=1S/C18H17N3OS/c22-18(20-11-12-9-19-10-12)14-8-16(17-6-3-7-23-17)21-15-5-2-1-4-13(14)15/h1-8,12,19H,9-11H2,(H,20,22). The van der Waals surface area contributed by atoms with Crippen LogP contribution in [-0.2, 0) is 0 Å². The minimum absolute atomic E-state index is 0.0201. The monoisotopic (exact) mass is 323 g/mol. The van der Waals surface area contributed by atoms with Crippen molar-refractivity contribution < 1.29 is 4.79 Å². The SMILES string of the molecule is O=C(NCC1CNC1)c1cc(-c2cccs2)nc2ccccc12. The zero-order valence-electron chi connectivity index (χ0n) is 12.6. The van der Waals surface area contributed by atoms with Crippen LogP contribution in [0.1, 0.15) is 10.4 Å². The molecule has 0 atom stereocenters. The third-order valence-electron chi connectivity index (χ3n) is 4.15. The smallest absolute Gasteiger partial charge is 0.252 e. The highest BCUT2D eigenvalue weighted by Crippen LogP contribution is 2.27. The Morgan fingerprint density at radius 1 is 1.26 bits per heavy atom. The topological polar surface area (TPSA) is 54.0 Å². The van der Waals surface area contributed by atoms with Crippen molar-refractivity contribution in [2.24, 2.45) is 5.92 Å². The van der Waals surface area contributed by atoms with Crippen LogP contribution in [0.15, 0.2) is 47.8 Å². The number of benzene rings is 1. The second-order valence-electron chi connectivity index (χ2n) is 5.78. The molecular formula is C18H17N3OS. The Hall–Kier alpha value is -2.24. The number of rotatable bonds is 4. The molecule has 1 aliphatic rings. The molecular weight excluding hydrogens is 306 g/mol. The van der Waals surface area contributed by atoms with Crippen molar-refractivity contribution in [3.63, 3.8) is 0 Å². The molecule has 1 amide bonds. The highest BCUT2D eigenvalue weighted by molar-refractivity contribution is 7.13. The van der Waals surface area contributed by atoms with Crippen molar-refractivity contribution in [2.45, 2.75) is 0 Å². The molecule has 2 aromatic heterocycles. The molecule has 0 bridgehead atoms. The van der Waals surface area contributed by atoms with Crippen LogP contribution in [0.25, 0.3) is 21.5 Å². The Morgan fingerprint density at radius 3 is 2.87 bits per heavy atom. The number of aromatic nitrogens is 1. The van der Waals surface area contributed by atoms with E-state index in [0.29, 0.717) is 11.5 Å². The van der Waals surface area contributed by atoms with Crippen LogP contribution in [0, 0.1) is 5.92 Å². The van der Waals surface area contributed by atoms with Gasteiger partial charge in [-0.1, -0.05) is 24.3 Å². The van der Waals surface area contributed by atoms with Crippen LogP contribution in [0.2, 0.25) is 0 Å². The summed E-state index contributed by atoms with van der Waals surface area (Å²) in [5.74, 6) is 0.525. The minimum Gasteiger partial charge on any atom is -0.352 e. The van der Waals surface area contributed by atoms with E-state index in [1.165, 1.54) is 0 Å². The van der Waals surface area contributed by atoms with Gasteiger partial charge >= 0.3 is 0 Å². The lowest BCUT2D eigenvalue weighted by Crippen LogP contribution is -2.48. The number of thiophene rings is 1. The van der Waals surface area contributed by atoms with Crippen LogP contribution in [0.3, 0.4) is 0 Å². The molecule has 0 spiro atoms. The highest BCUT2D eigenvalue weighted by Gasteiger charge is 2.19. The van der Waals surface area contributed by atoms with E-state index < -0.39 is 0 Å². The second kappa shape index (κ2) is 6.10. The van der Waals surface area contributed by atoms with Gasteiger partial charge in [0.05, 0.1) is 21.7 Å². The number of nitrogens with zero attached hydrogens (tertiary/aromatic N) is 1. The first kappa shape index (κ1) is 14.4. The molecule has 0 radical (unpaired) electrons. The lowest BCUT2D eigenvalue weighted by Gasteiger charge is -2.27. The van der Waals surface area contributed by atoms with Gasteiger partial charge in [0.1, 0.15) is 0 Å². The van der Waals surface area contributed by atoms with Crippen LogP contribution in [-0.4, -0.2) is 30.5 Å². The Balaban J connectivity index is 1.72. The molecule has 4 nitrogen and oxygen atoms in total. The third-order valence-corrected chi connectivity index (χ3v) is 5.04. The summed E-state index contributed by atoms with van der Waals surface area (Å²) >= 11 is 1.63. The fourth-order valence-electron chi connectivity index (χ4n) is 2.74. The molecule has 5 heteroatoms. The summed E-state index contributed by atoms with van der Waals surface area (Å²) < 4.78 is 0. The second-order valence-corrected chi connectivity index (χ2v) is 6.73. The third kappa shape index (κ3) is 2.85. The van der Waals surface area contributed by atoms with Crippen LogP contribution < -0.4 is 10.6 Å². The number of carbonyl (C=O) groups is 1. The molecule has 3 aromatic rings. The first-order valence-electron chi connectivity index (χ1n) is 7.74. The average molecular weight is 323 g/mol. The fourth-order valence-corrected chi connectivity index (χ4v) is 3.43. The van der Waals surface area contributed by atoms with E-state index in [1.807, 2.05) is 47.8 Å². The van der Waals surface area contributed by atoms with E-state index in [2.05, 4.69) is 10.6 Å². The Kier molecular flexibility index (Phi) is 3.81. The van der Waals surface area contributed by atoms with Crippen LogP contribution in [0.4, 0.5) is 0 Å². The number of nitrogens with one attached hydrogen (secondary N) is 2. The van der Waals surface area contributed by atoms with E-state index in [0.717, 1.165) is 41.1 Å². The summed E-state index contributed by atoms with van der Waals surface area (Å²) in [5, 5.41) is 9.21. The van der Waals surface area contributed by atoms with E-state index >= 15 is 0 Å². The van der Waals surface area contributed by atoms with Crippen LogP contribution in [0.5, 0.6) is 0 Å². The maximum absolute atomic E-state index is 12.7. The molecule has 0 saturated carbocycles. The van der Waals surface area contributed by atoms with Gasteiger partial charge in [0.15, 0.2) is 0 Å². The number of fused-ring (bicyclic) bond motifs is 1. The Bertz CT molecular complexity index is 841. The maximum atomic E-state index is 12.7. The summed E-state index contributed by atoms with van der Waals surface area (Å²) in [6.07, 6.45) is 0. The van der Waals surface area contributed by atoms with Gasteiger partial charge in [0.25, 0.3) is 5.91 Å². The molecule has 1 aliphatic heterocycles. The first-order valence-corrected chi connectivity index (χ1v) is 8.62. The quantitative estimate of drug-likeness (QED) is 0.776. The van der Waals surface area contributed by atoms with Gasteiger partial charge in [0.2, 0.25) is 0 Å². The zero-order chi connectivity index (χ0) is 15.6. The lowest BCUT2D eigenvalue weighted by atomic mass is 10.0. The van der Waals surface area contributed by atoms with Crippen molar-refractivity contribution in [3.8, 4) is 10.6 Å². The first-order chi connectivity index (χ1) is 11.3. The van der Waals surface area contributed by atoms with Gasteiger partial charge in [0, 0.05) is 30.9 Å². The predicted molar refractivity (Wildman–Crippen MR) is 93.7 cm³/mol. The number of para-hydroxylation sites is 1.